The van der Waals surface area contributed by atoms with Crippen LogP contribution in [0.15, 0.2) is 48.5 Å². The van der Waals surface area contributed by atoms with Crippen LogP contribution in [-0.4, -0.2) is 29.3 Å². The summed E-state index contributed by atoms with van der Waals surface area (Å²) < 4.78 is 0. The van der Waals surface area contributed by atoms with E-state index in [4.69, 9.17) is 0 Å². The van der Waals surface area contributed by atoms with Gasteiger partial charge in [0.1, 0.15) is 6.04 Å². The average Bonchev–Trinajstić information content (AvgIpc) is 2.67. The molecule has 2 aromatic carbocycles. The zero-order valence-corrected chi connectivity index (χ0v) is 17.5. The molecular formula is C24H32N2O2. The van der Waals surface area contributed by atoms with E-state index in [2.05, 4.69) is 5.32 Å². The summed E-state index contributed by atoms with van der Waals surface area (Å²) in [7, 11) is 0. The smallest absolute Gasteiger partial charge is 0.242 e. The first-order chi connectivity index (χ1) is 13.4. The number of carbonyl (C=O) groups is 2. The zero-order valence-electron chi connectivity index (χ0n) is 17.5. The molecule has 0 aromatic heterocycles. The molecule has 0 spiro atoms. The summed E-state index contributed by atoms with van der Waals surface area (Å²) in [6, 6.07) is 15.6. The summed E-state index contributed by atoms with van der Waals surface area (Å²) >= 11 is 0. The van der Waals surface area contributed by atoms with E-state index in [9.17, 15) is 9.59 Å². The van der Waals surface area contributed by atoms with Crippen molar-refractivity contribution in [3.63, 3.8) is 0 Å². The minimum absolute atomic E-state index is 0.0235. The molecule has 2 aromatic rings. The minimum Gasteiger partial charge on any atom is -0.354 e. The number of nitrogens with one attached hydrogen (secondary N) is 1. The SMILES string of the molecule is CCCNC(=O)[C@@H](CC)N(Cc1ccc(C)cc1)C(=O)Cc1cccc(C)c1. The Labute approximate surface area is 169 Å². The minimum atomic E-state index is -0.467. The van der Waals surface area contributed by atoms with Crippen LogP contribution in [0.25, 0.3) is 0 Å². The first-order valence-corrected chi connectivity index (χ1v) is 10.1. The van der Waals surface area contributed by atoms with Gasteiger partial charge < -0.3 is 10.2 Å². The van der Waals surface area contributed by atoms with Crippen molar-refractivity contribution in [3.05, 3.63) is 70.8 Å². The van der Waals surface area contributed by atoms with Crippen LogP contribution in [-0.2, 0) is 22.6 Å². The first kappa shape index (κ1) is 21.7. The fourth-order valence-corrected chi connectivity index (χ4v) is 3.27. The van der Waals surface area contributed by atoms with Crippen LogP contribution in [0.2, 0.25) is 0 Å². The highest BCUT2D eigenvalue weighted by Gasteiger charge is 2.28. The Morgan fingerprint density at radius 2 is 1.68 bits per heavy atom. The van der Waals surface area contributed by atoms with Crippen LogP contribution >= 0.6 is 0 Å². The molecule has 1 atom stereocenters. The summed E-state index contributed by atoms with van der Waals surface area (Å²) in [5, 5.41) is 2.95. The molecule has 2 amide bonds. The molecule has 0 radical (unpaired) electrons. The Hall–Kier alpha value is -2.62. The fourth-order valence-electron chi connectivity index (χ4n) is 3.27. The van der Waals surface area contributed by atoms with E-state index in [-0.39, 0.29) is 11.8 Å². The van der Waals surface area contributed by atoms with E-state index in [1.165, 1.54) is 5.56 Å². The van der Waals surface area contributed by atoms with E-state index in [0.29, 0.717) is 25.9 Å². The van der Waals surface area contributed by atoms with Gasteiger partial charge in [-0.3, -0.25) is 9.59 Å². The third kappa shape index (κ3) is 6.22. The van der Waals surface area contributed by atoms with Crippen molar-refractivity contribution >= 4 is 11.8 Å². The summed E-state index contributed by atoms with van der Waals surface area (Å²) in [4.78, 5) is 27.7. The highest BCUT2D eigenvalue weighted by atomic mass is 16.2. The quantitative estimate of drug-likeness (QED) is 0.709. The van der Waals surface area contributed by atoms with Crippen molar-refractivity contribution in [2.75, 3.05) is 6.54 Å². The number of rotatable bonds is 9. The van der Waals surface area contributed by atoms with Gasteiger partial charge in [0.25, 0.3) is 0 Å². The number of aryl methyl sites for hydroxylation is 2. The zero-order chi connectivity index (χ0) is 20.5. The van der Waals surface area contributed by atoms with Crippen LogP contribution in [0, 0.1) is 13.8 Å². The number of amides is 2. The Morgan fingerprint density at radius 3 is 2.29 bits per heavy atom. The molecule has 0 aliphatic rings. The van der Waals surface area contributed by atoms with Gasteiger partial charge >= 0.3 is 0 Å². The lowest BCUT2D eigenvalue weighted by atomic mass is 10.0. The molecule has 0 unspecified atom stereocenters. The largest absolute Gasteiger partial charge is 0.354 e. The van der Waals surface area contributed by atoms with Gasteiger partial charge in [0.05, 0.1) is 6.42 Å². The topological polar surface area (TPSA) is 49.4 Å². The maximum Gasteiger partial charge on any atom is 0.242 e. The van der Waals surface area contributed by atoms with Crippen molar-refractivity contribution in [1.82, 2.24) is 10.2 Å². The second kappa shape index (κ2) is 10.6. The maximum atomic E-state index is 13.2. The van der Waals surface area contributed by atoms with Crippen LogP contribution < -0.4 is 5.32 Å². The third-order valence-electron chi connectivity index (χ3n) is 4.85. The summed E-state index contributed by atoms with van der Waals surface area (Å²) in [6.07, 6.45) is 1.75. The lowest BCUT2D eigenvalue weighted by Crippen LogP contribution is -2.49. The molecule has 150 valence electrons. The van der Waals surface area contributed by atoms with Crippen LogP contribution in [0.3, 0.4) is 0 Å². The number of carbonyl (C=O) groups excluding carboxylic acids is 2. The summed E-state index contributed by atoms with van der Waals surface area (Å²) in [5.74, 6) is -0.0984. The lowest BCUT2D eigenvalue weighted by molar-refractivity contribution is -0.140. The van der Waals surface area contributed by atoms with E-state index < -0.39 is 6.04 Å². The molecule has 0 aliphatic carbocycles. The molecule has 2 rings (SSSR count). The molecule has 0 heterocycles. The summed E-state index contributed by atoms with van der Waals surface area (Å²) in [5.41, 5.74) is 4.31. The molecule has 1 N–H and O–H groups in total. The highest BCUT2D eigenvalue weighted by molar-refractivity contribution is 5.88. The second-order valence-electron chi connectivity index (χ2n) is 7.39. The Bertz CT molecular complexity index is 783. The second-order valence-corrected chi connectivity index (χ2v) is 7.39. The lowest BCUT2D eigenvalue weighted by Gasteiger charge is -2.31. The number of hydrogen-bond donors (Lipinski definition) is 1. The van der Waals surface area contributed by atoms with Crippen LogP contribution in [0.5, 0.6) is 0 Å². The third-order valence-corrected chi connectivity index (χ3v) is 4.85. The molecule has 28 heavy (non-hydrogen) atoms. The van der Waals surface area contributed by atoms with Gasteiger partial charge in [0.15, 0.2) is 0 Å². The van der Waals surface area contributed by atoms with Crippen molar-refractivity contribution in [2.24, 2.45) is 0 Å². The molecule has 0 bridgehead atoms. The van der Waals surface area contributed by atoms with Gasteiger partial charge in [-0.25, -0.2) is 0 Å². The Morgan fingerprint density at radius 1 is 0.964 bits per heavy atom. The van der Waals surface area contributed by atoms with E-state index in [1.807, 2.05) is 76.2 Å². The number of nitrogens with zero attached hydrogens (tertiary/aromatic N) is 1. The Balaban J connectivity index is 2.26. The Kier molecular flexibility index (Phi) is 8.24. The van der Waals surface area contributed by atoms with Gasteiger partial charge in [-0.05, 0) is 37.8 Å². The molecular weight excluding hydrogens is 348 g/mol. The predicted octanol–water partition coefficient (Wildman–Crippen LogP) is 4.18. The monoisotopic (exact) mass is 380 g/mol. The van der Waals surface area contributed by atoms with E-state index in [0.717, 1.165) is 23.1 Å². The first-order valence-electron chi connectivity index (χ1n) is 10.1. The molecule has 4 nitrogen and oxygen atoms in total. The molecule has 0 aliphatic heterocycles. The van der Waals surface area contributed by atoms with Gasteiger partial charge in [-0.1, -0.05) is 73.5 Å². The van der Waals surface area contributed by atoms with Crippen molar-refractivity contribution in [3.8, 4) is 0 Å². The standard InChI is InChI=1S/C24H32N2O2/c1-5-14-25-24(28)22(6-2)26(17-20-12-10-18(3)11-13-20)23(27)16-21-9-7-8-19(4)15-21/h7-13,15,22H,5-6,14,16-17H2,1-4H3,(H,25,28)/t22-/m1/s1. The maximum absolute atomic E-state index is 13.2. The number of benzene rings is 2. The van der Waals surface area contributed by atoms with Gasteiger partial charge in [0.2, 0.25) is 11.8 Å². The number of hydrogen-bond acceptors (Lipinski definition) is 2. The molecule has 0 saturated heterocycles. The normalized spacial score (nSPS) is 11.7. The molecule has 0 fully saturated rings. The van der Waals surface area contributed by atoms with Crippen molar-refractivity contribution < 1.29 is 9.59 Å². The van der Waals surface area contributed by atoms with E-state index in [1.54, 1.807) is 4.90 Å². The predicted molar refractivity (Wildman–Crippen MR) is 114 cm³/mol. The molecule has 4 heteroatoms. The van der Waals surface area contributed by atoms with Gasteiger partial charge in [0, 0.05) is 13.1 Å². The van der Waals surface area contributed by atoms with Gasteiger partial charge in [-0.2, -0.15) is 0 Å². The average molecular weight is 381 g/mol. The van der Waals surface area contributed by atoms with Crippen molar-refractivity contribution in [2.45, 2.75) is 59.5 Å². The highest BCUT2D eigenvalue weighted by Crippen LogP contribution is 2.16. The summed E-state index contributed by atoms with van der Waals surface area (Å²) in [6.45, 7) is 9.10. The van der Waals surface area contributed by atoms with Gasteiger partial charge in [-0.15, -0.1) is 0 Å². The molecule has 0 saturated carbocycles. The fraction of sp³-hybridized carbons (Fsp3) is 0.417. The van der Waals surface area contributed by atoms with E-state index >= 15 is 0 Å². The van der Waals surface area contributed by atoms with Crippen LogP contribution in [0.4, 0.5) is 0 Å². The van der Waals surface area contributed by atoms with Crippen LogP contribution in [0.1, 0.15) is 48.9 Å². The van der Waals surface area contributed by atoms with Crippen molar-refractivity contribution in [1.29, 1.82) is 0 Å².